The summed E-state index contributed by atoms with van der Waals surface area (Å²) in [4.78, 5) is 19.3. The van der Waals surface area contributed by atoms with E-state index in [9.17, 15) is 9.18 Å². The van der Waals surface area contributed by atoms with Gasteiger partial charge in [0.1, 0.15) is 10.3 Å². The van der Waals surface area contributed by atoms with Crippen molar-refractivity contribution in [1.29, 1.82) is 0 Å². The normalized spacial score (nSPS) is 10.4. The Kier molecular flexibility index (Phi) is 4.75. The average Bonchev–Trinajstić information content (AvgIpc) is 2.42. The lowest BCUT2D eigenvalue weighted by atomic mass is 10.2. The van der Waals surface area contributed by atoms with E-state index in [1.54, 1.807) is 12.1 Å². The largest absolute Gasteiger partial charge is 0.348 e. The number of halogens is 4. The zero-order valence-corrected chi connectivity index (χ0v) is 12.1. The third kappa shape index (κ3) is 3.56. The molecule has 2 aromatic heterocycles. The molecule has 0 atom stereocenters. The van der Waals surface area contributed by atoms with Crippen LogP contribution in [-0.4, -0.2) is 15.9 Å². The van der Waals surface area contributed by atoms with Crippen LogP contribution in [0.3, 0.4) is 0 Å². The van der Waals surface area contributed by atoms with Gasteiger partial charge in [0.25, 0.3) is 5.91 Å². The van der Waals surface area contributed by atoms with Crippen molar-refractivity contribution in [2.45, 2.75) is 6.54 Å². The van der Waals surface area contributed by atoms with Crippen molar-refractivity contribution in [1.82, 2.24) is 15.3 Å². The second-order valence-corrected chi connectivity index (χ2v) is 4.87. The first-order valence-corrected chi connectivity index (χ1v) is 6.51. The predicted molar refractivity (Wildman–Crippen MR) is 74.6 cm³/mol. The van der Waals surface area contributed by atoms with Crippen molar-refractivity contribution >= 4 is 40.7 Å². The second-order valence-electron chi connectivity index (χ2n) is 3.77. The molecule has 20 heavy (non-hydrogen) atoms. The monoisotopic (exact) mass is 333 g/mol. The van der Waals surface area contributed by atoms with E-state index in [-0.39, 0.29) is 22.4 Å². The molecule has 2 aromatic rings. The van der Waals surface area contributed by atoms with Crippen LogP contribution in [0.4, 0.5) is 4.39 Å². The molecule has 4 nitrogen and oxygen atoms in total. The van der Waals surface area contributed by atoms with E-state index < -0.39 is 11.7 Å². The first-order valence-electron chi connectivity index (χ1n) is 5.37. The summed E-state index contributed by atoms with van der Waals surface area (Å²) < 4.78 is 13.3. The Morgan fingerprint density at radius 3 is 2.65 bits per heavy atom. The van der Waals surface area contributed by atoms with E-state index in [1.165, 1.54) is 6.20 Å². The van der Waals surface area contributed by atoms with Gasteiger partial charge in [0.15, 0.2) is 11.0 Å². The summed E-state index contributed by atoms with van der Waals surface area (Å²) in [5, 5.41) is 2.37. The quantitative estimate of drug-likeness (QED) is 0.874. The molecule has 104 valence electrons. The number of nitrogens with zero attached hydrogens (tertiary/aromatic N) is 2. The lowest BCUT2D eigenvalue weighted by molar-refractivity contribution is 0.0950. The maximum absolute atomic E-state index is 13.3. The number of rotatable bonds is 3. The van der Waals surface area contributed by atoms with Crippen molar-refractivity contribution in [3.63, 3.8) is 0 Å². The van der Waals surface area contributed by atoms with Crippen LogP contribution in [-0.2, 0) is 6.54 Å². The molecule has 0 radical (unpaired) electrons. The summed E-state index contributed by atoms with van der Waals surface area (Å²) in [5.74, 6) is -1.37. The summed E-state index contributed by atoms with van der Waals surface area (Å²) in [6.45, 7) is 0.198. The molecular weight excluding hydrogens is 328 g/mol. The SMILES string of the molecule is O=C(NCc1ccc(Cl)nc1)c1cc(F)c(Cl)nc1Cl. The van der Waals surface area contributed by atoms with Crippen molar-refractivity contribution in [2.75, 3.05) is 0 Å². The van der Waals surface area contributed by atoms with Crippen LogP contribution in [0.2, 0.25) is 15.5 Å². The van der Waals surface area contributed by atoms with Gasteiger partial charge in [-0.3, -0.25) is 4.79 Å². The summed E-state index contributed by atoms with van der Waals surface area (Å²) >= 11 is 16.8. The Bertz CT molecular complexity index is 649. The zero-order valence-electron chi connectivity index (χ0n) is 9.83. The molecule has 0 unspecified atom stereocenters. The fourth-order valence-corrected chi connectivity index (χ4v) is 1.91. The molecule has 0 spiro atoms. The highest BCUT2D eigenvalue weighted by molar-refractivity contribution is 6.34. The highest BCUT2D eigenvalue weighted by atomic mass is 35.5. The van der Waals surface area contributed by atoms with Gasteiger partial charge in [0.05, 0.1) is 5.56 Å². The van der Waals surface area contributed by atoms with Crippen LogP contribution in [0.15, 0.2) is 24.4 Å². The van der Waals surface area contributed by atoms with Gasteiger partial charge >= 0.3 is 0 Å². The minimum Gasteiger partial charge on any atom is -0.348 e. The minimum absolute atomic E-state index is 0.0875. The number of carbonyl (C=O) groups is 1. The fourth-order valence-electron chi connectivity index (χ4n) is 1.39. The topological polar surface area (TPSA) is 54.9 Å². The van der Waals surface area contributed by atoms with Crippen molar-refractivity contribution in [3.05, 3.63) is 56.8 Å². The van der Waals surface area contributed by atoms with Crippen LogP contribution in [0.25, 0.3) is 0 Å². The van der Waals surface area contributed by atoms with Gasteiger partial charge in [0, 0.05) is 12.7 Å². The average molecular weight is 335 g/mol. The predicted octanol–water partition coefficient (Wildman–Crippen LogP) is 3.51. The maximum atomic E-state index is 13.3. The molecule has 0 aliphatic heterocycles. The van der Waals surface area contributed by atoms with Crippen LogP contribution in [0, 0.1) is 5.82 Å². The molecule has 2 heterocycles. The van der Waals surface area contributed by atoms with E-state index >= 15 is 0 Å². The number of hydrogen-bond donors (Lipinski definition) is 1. The molecule has 8 heteroatoms. The first-order chi connectivity index (χ1) is 9.47. The maximum Gasteiger partial charge on any atom is 0.254 e. The van der Waals surface area contributed by atoms with Gasteiger partial charge in [-0.15, -0.1) is 0 Å². The molecule has 0 saturated heterocycles. The molecule has 1 amide bonds. The number of hydrogen-bond acceptors (Lipinski definition) is 3. The lowest BCUT2D eigenvalue weighted by Crippen LogP contribution is -2.23. The molecule has 1 N–H and O–H groups in total. The van der Waals surface area contributed by atoms with Gasteiger partial charge in [-0.2, -0.15) is 0 Å². The Labute approximate surface area is 128 Å². The van der Waals surface area contributed by atoms with Crippen LogP contribution >= 0.6 is 34.8 Å². The Balaban J connectivity index is 2.09. The Morgan fingerprint density at radius 2 is 2.00 bits per heavy atom. The molecule has 0 saturated carbocycles. The number of amides is 1. The Morgan fingerprint density at radius 1 is 1.25 bits per heavy atom. The fraction of sp³-hybridized carbons (Fsp3) is 0.0833. The first kappa shape index (κ1) is 15.0. The van der Waals surface area contributed by atoms with Crippen LogP contribution in [0.1, 0.15) is 15.9 Å². The highest BCUT2D eigenvalue weighted by Gasteiger charge is 2.15. The minimum atomic E-state index is -0.811. The highest BCUT2D eigenvalue weighted by Crippen LogP contribution is 2.20. The smallest absolute Gasteiger partial charge is 0.254 e. The standard InChI is InChI=1S/C12H7Cl3FN3O/c13-9-2-1-6(4-17-9)5-18-12(20)7-3-8(16)11(15)19-10(7)14/h1-4H,5H2,(H,18,20). The van der Waals surface area contributed by atoms with E-state index in [0.717, 1.165) is 11.6 Å². The molecule has 0 aromatic carbocycles. The van der Waals surface area contributed by atoms with Crippen LogP contribution in [0.5, 0.6) is 0 Å². The van der Waals surface area contributed by atoms with Gasteiger partial charge in [-0.1, -0.05) is 40.9 Å². The summed E-state index contributed by atoms with van der Waals surface area (Å²) in [7, 11) is 0. The van der Waals surface area contributed by atoms with Crippen molar-refractivity contribution in [2.24, 2.45) is 0 Å². The second kappa shape index (κ2) is 6.35. The summed E-state index contributed by atoms with van der Waals surface area (Å²) in [6.07, 6.45) is 1.52. The number of aromatic nitrogens is 2. The zero-order chi connectivity index (χ0) is 14.7. The third-order valence-corrected chi connectivity index (χ3v) is 3.15. The van der Waals surface area contributed by atoms with E-state index in [1.807, 2.05) is 0 Å². The van der Waals surface area contributed by atoms with Gasteiger partial charge in [-0.25, -0.2) is 14.4 Å². The molecule has 0 bridgehead atoms. The van der Waals surface area contributed by atoms with E-state index in [4.69, 9.17) is 34.8 Å². The van der Waals surface area contributed by atoms with Gasteiger partial charge in [-0.05, 0) is 17.7 Å². The molecule has 0 fully saturated rings. The van der Waals surface area contributed by atoms with E-state index in [2.05, 4.69) is 15.3 Å². The summed E-state index contributed by atoms with van der Waals surface area (Å²) in [5.41, 5.74) is 0.650. The lowest BCUT2D eigenvalue weighted by Gasteiger charge is -2.07. The molecule has 0 aliphatic rings. The van der Waals surface area contributed by atoms with Gasteiger partial charge in [0.2, 0.25) is 0 Å². The Hall–Kier alpha value is -1.43. The summed E-state index contributed by atoms with van der Waals surface area (Å²) in [6, 6.07) is 4.24. The van der Waals surface area contributed by atoms with E-state index in [0.29, 0.717) is 5.15 Å². The van der Waals surface area contributed by atoms with Crippen molar-refractivity contribution in [3.8, 4) is 0 Å². The number of pyridine rings is 2. The van der Waals surface area contributed by atoms with Crippen LogP contribution < -0.4 is 5.32 Å². The number of nitrogens with one attached hydrogen (secondary N) is 1. The van der Waals surface area contributed by atoms with Gasteiger partial charge < -0.3 is 5.32 Å². The third-order valence-electron chi connectivity index (χ3n) is 2.37. The van der Waals surface area contributed by atoms with Crippen molar-refractivity contribution < 1.29 is 9.18 Å². The molecular formula is C12H7Cl3FN3O. The molecule has 0 aliphatic carbocycles. The number of carbonyl (C=O) groups excluding carboxylic acids is 1. The molecule has 2 rings (SSSR count).